The van der Waals surface area contributed by atoms with E-state index in [4.69, 9.17) is 0 Å². The molecule has 94 valence electrons. The van der Waals surface area contributed by atoms with Gasteiger partial charge in [-0.3, -0.25) is 0 Å². The first-order valence-electron chi connectivity index (χ1n) is 7.14. The molecule has 0 aromatic carbocycles. The molecule has 0 N–H and O–H groups in total. The van der Waals surface area contributed by atoms with Crippen LogP contribution in [0.15, 0.2) is 12.3 Å². The molecule has 0 radical (unpaired) electrons. The van der Waals surface area contributed by atoms with Crippen LogP contribution in [0.25, 0.3) is 0 Å². The third-order valence-electron chi connectivity index (χ3n) is 4.03. The number of hydrogen-bond donors (Lipinski definition) is 0. The van der Waals surface area contributed by atoms with Crippen molar-refractivity contribution in [1.29, 1.82) is 0 Å². The lowest BCUT2D eigenvalue weighted by Crippen LogP contribution is -2.08. The Morgan fingerprint density at radius 3 is 2.88 bits per heavy atom. The highest BCUT2D eigenvalue weighted by Crippen LogP contribution is 2.34. The van der Waals surface area contributed by atoms with Crippen LogP contribution in [0, 0.1) is 0 Å². The highest BCUT2D eigenvalue weighted by molar-refractivity contribution is 5.25. The van der Waals surface area contributed by atoms with Crippen molar-refractivity contribution in [3.05, 3.63) is 23.5 Å². The molecule has 0 saturated heterocycles. The van der Waals surface area contributed by atoms with Crippen LogP contribution in [0.1, 0.15) is 81.9 Å². The Morgan fingerprint density at radius 2 is 2.06 bits per heavy atom. The van der Waals surface area contributed by atoms with E-state index in [1.54, 1.807) is 0 Å². The minimum atomic E-state index is 0.643. The topological polar surface area (TPSA) is 25.8 Å². The summed E-state index contributed by atoms with van der Waals surface area (Å²) in [7, 11) is 0. The fraction of sp³-hybridized carbons (Fsp3) is 0.733. The van der Waals surface area contributed by atoms with Gasteiger partial charge in [0.05, 0.1) is 5.69 Å². The maximum atomic E-state index is 4.46. The van der Waals surface area contributed by atoms with Crippen molar-refractivity contribution >= 4 is 0 Å². The number of fused-ring (bicyclic) bond motifs is 1. The molecular formula is C15H24N2. The Bertz CT molecular complexity index is 349. The molecule has 2 unspecified atom stereocenters. The third-order valence-corrected chi connectivity index (χ3v) is 4.03. The Kier molecular flexibility index (Phi) is 4.52. The summed E-state index contributed by atoms with van der Waals surface area (Å²) in [5, 5.41) is 8.58. The molecule has 1 aromatic rings. The first-order valence-corrected chi connectivity index (χ1v) is 7.14. The second-order valence-electron chi connectivity index (χ2n) is 5.40. The Balaban J connectivity index is 2.31. The van der Waals surface area contributed by atoms with E-state index in [2.05, 4.69) is 30.1 Å². The van der Waals surface area contributed by atoms with Gasteiger partial charge in [0.25, 0.3) is 0 Å². The molecular weight excluding hydrogens is 208 g/mol. The molecule has 2 heteroatoms. The summed E-state index contributed by atoms with van der Waals surface area (Å²) in [6.45, 7) is 4.61. The van der Waals surface area contributed by atoms with Gasteiger partial charge >= 0.3 is 0 Å². The second-order valence-corrected chi connectivity index (χ2v) is 5.40. The van der Waals surface area contributed by atoms with Crippen LogP contribution in [0.5, 0.6) is 0 Å². The molecule has 0 bridgehead atoms. The number of aromatic nitrogens is 2. The molecule has 0 saturated carbocycles. The average molecular weight is 232 g/mol. The van der Waals surface area contributed by atoms with Crippen LogP contribution >= 0.6 is 0 Å². The summed E-state index contributed by atoms with van der Waals surface area (Å²) in [5.74, 6) is 1.29. The van der Waals surface area contributed by atoms with Crippen molar-refractivity contribution in [3.63, 3.8) is 0 Å². The number of nitrogens with zero attached hydrogens (tertiary/aromatic N) is 2. The van der Waals surface area contributed by atoms with E-state index >= 15 is 0 Å². The first kappa shape index (κ1) is 12.5. The lowest BCUT2D eigenvalue weighted by molar-refractivity contribution is 0.514. The maximum Gasteiger partial charge on any atom is 0.0696 e. The normalized spacial score (nSPS) is 25.5. The largest absolute Gasteiger partial charge is 0.159 e. The Hall–Kier alpha value is -0.920. The summed E-state index contributed by atoms with van der Waals surface area (Å²) in [6.07, 6.45) is 11.1. The summed E-state index contributed by atoms with van der Waals surface area (Å²) in [6, 6.07) is 2.20. The van der Waals surface area contributed by atoms with Gasteiger partial charge in [-0.2, -0.15) is 10.2 Å². The van der Waals surface area contributed by atoms with Crippen LogP contribution in [0.3, 0.4) is 0 Å². The molecule has 2 atom stereocenters. The van der Waals surface area contributed by atoms with Crippen molar-refractivity contribution < 1.29 is 0 Å². The van der Waals surface area contributed by atoms with Crippen molar-refractivity contribution in [3.8, 4) is 0 Å². The molecule has 1 heterocycles. The lowest BCUT2D eigenvalue weighted by Gasteiger charge is -2.19. The summed E-state index contributed by atoms with van der Waals surface area (Å²) < 4.78 is 0. The molecule has 1 aliphatic rings. The van der Waals surface area contributed by atoms with Gasteiger partial charge in [0.15, 0.2) is 0 Å². The zero-order chi connectivity index (χ0) is 12.1. The minimum Gasteiger partial charge on any atom is -0.159 e. The van der Waals surface area contributed by atoms with E-state index in [9.17, 15) is 0 Å². The zero-order valence-corrected chi connectivity index (χ0v) is 11.2. The predicted octanol–water partition coefficient (Wildman–Crippen LogP) is 4.43. The molecule has 0 spiro atoms. The van der Waals surface area contributed by atoms with Crippen molar-refractivity contribution in [2.75, 3.05) is 0 Å². The predicted molar refractivity (Wildman–Crippen MR) is 71.2 cm³/mol. The van der Waals surface area contributed by atoms with Gasteiger partial charge in [-0.05, 0) is 36.8 Å². The Labute approximate surface area is 105 Å². The third kappa shape index (κ3) is 3.05. The van der Waals surface area contributed by atoms with Crippen molar-refractivity contribution in [2.24, 2.45) is 0 Å². The van der Waals surface area contributed by atoms with E-state index in [1.165, 1.54) is 56.2 Å². The molecule has 1 aromatic heterocycles. The van der Waals surface area contributed by atoms with E-state index in [0.717, 1.165) is 0 Å². The van der Waals surface area contributed by atoms with E-state index < -0.39 is 0 Å². The van der Waals surface area contributed by atoms with E-state index in [1.807, 2.05) is 6.20 Å². The number of hydrogen-bond acceptors (Lipinski definition) is 2. The van der Waals surface area contributed by atoms with Gasteiger partial charge < -0.3 is 0 Å². The average Bonchev–Trinajstić information content (AvgIpc) is 2.43. The highest BCUT2D eigenvalue weighted by atomic mass is 15.1. The molecule has 0 fully saturated rings. The van der Waals surface area contributed by atoms with Gasteiger partial charge in [-0.25, -0.2) is 0 Å². The zero-order valence-electron chi connectivity index (χ0n) is 11.2. The van der Waals surface area contributed by atoms with E-state index in [-0.39, 0.29) is 0 Å². The molecule has 17 heavy (non-hydrogen) atoms. The highest BCUT2D eigenvalue weighted by Gasteiger charge is 2.21. The summed E-state index contributed by atoms with van der Waals surface area (Å²) in [4.78, 5) is 0. The van der Waals surface area contributed by atoms with Crippen LogP contribution in [0.2, 0.25) is 0 Å². The SMILES string of the molecule is CCCC1CCCCCC(C)c2ccnnc21. The minimum absolute atomic E-state index is 0.643. The van der Waals surface area contributed by atoms with Crippen LogP contribution in [-0.2, 0) is 0 Å². The van der Waals surface area contributed by atoms with Gasteiger partial charge in [0, 0.05) is 12.1 Å². The van der Waals surface area contributed by atoms with Gasteiger partial charge in [-0.1, -0.05) is 39.5 Å². The fourth-order valence-electron chi connectivity index (χ4n) is 3.03. The fourth-order valence-corrected chi connectivity index (χ4v) is 3.03. The van der Waals surface area contributed by atoms with Gasteiger partial charge in [0.1, 0.15) is 0 Å². The standard InChI is InChI=1S/C15H24N2/c1-3-7-13-9-6-4-5-8-12(2)14-10-11-16-17-15(13)14/h10-13H,3-9H2,1-2H3. The van der Waals surface area contributed by atoms with Gasteiger partial charge in [-0.15, -0.1) is 0 Å². The summed E-state index contributed by atoms with van der Waals surface area (Å²) >= 11 is 0. The van der Waals surface area contributed by atoms with Crippen LogP contribution in [0.4, 0.5) is 0 Å². The Morgan fingerprint density at radius 1 is 1.24 bits per heavy atom. The van der Waals surface area contributed by atoms with Crippen molar-refractivity contribution in [2.45, 2.75) is 70.6 Å². The first-order chi connectivity index (χ1) is 8.33. The molecule has 0 amide bonds. The van der Waals surface area contributed by atoms with Gasteiger partial charge in [0.2, 0.25) is 0 Å². The molecule has 1 aliphatic carbocycles. The maximum absolute atomic E-state index is 4.46. The van der Waals surface area contributed by atoms with E-state index in [0.29, 0.717) is 11.8 Å². The quantitative estimate of drug-likeness (QED) is 0.754. The smallest absolute Gasteiger partial charge is 0.0696 e. The second kappa shape index (κ2) is 6.13. The lowest BCUT2D eigenvalue weighted by atomic mass is 9.88. The summed E-state index contributed by atoms with van der Waals surface area (Å²) in [5.41, 5.74) is 2.75. The molecule has 2 nitrogen and oxygen atoms in total. The molecule has 2 rings (SSSR count). The van der Waals surface area contributed by atoms with Crippen LogP contribution < -0.4 is 0 Å². The van der Waals surface area contributed by atoms with Crippen LogP contribution in [-0.4, -0.2) is 10.2 Å². The monoisotopic (exact) mass is 232 g/mol. The molecule has 0 aliphatic heterocycles. The van der Waals surface area contributed by atoms with Crippen molar-refractivity contribution in [1.82, 2.24) is 10.2 Å². The number of rotatable bonds is 2.